The van der Waals surface area contributed by atoms with Crippen LogP contribution in [0.5, 0.6) is 0 Å². The minimum absolute atomic E-state index is 0.347. The summed E-state index contributed by atoms with van der Waals surface area (Å²) >= 11 is 0. The molecule has 0 heterocycles. The number of anilines is 2. The SMILES string of the molecule is O=C1CCC(=NN(c2ccccc2)c2ccccc2)CC1. The molecule has 3 rings (SSSR count). The van der Waals surface area contributed by atoms with Crippen LogP contribution in [0.3, 0.4) is 0 Å². The predicted octanol–water partition coefficient (Wildman–Crippen LogP) is 4.32. The van der Waals surface area contributed by atoms with Crippen LogP contribution < -0.4 is 5.01 Å². The first-order chi connectivity index (χ1) is 10.3. The maximum Gasteiger partial charge on any atom is 0.133 e. The zero-order chi connectivity index (χ0) is 14.5. The van der Waals surface area contributed by atoms with Crippen molar-refractivity contribution in [1.82, 2.24) is 0 Å². The van der Waals surface area contributed by atoms with Gasteiger partial charge in [-0.05, 0) is 37.1 Å². The molecule has 21 heavy (non-hydrogen) atoms. The molecule has 1 aliphatic carbocycles. The molecular weight excluding hydrogens is 260 g/mol. The third-order valence-corrected chi connectivity index (χ3v) is 3.63. The number of hydrogen-bond acceptors (Lipinski definition) is 3. The minimum atomic E-state index is 0.347. The highest BCUT2D eigenvalue weighted by Crippen LogP contribution is 2.26. The van der Waals surface area contributed by atoms with Crippen molar-refractivity contribution in [3.05, 3.63) is 60.7 Å². The van der Waals surface area contributed by atoms with E-state index in [9.17, 15) is 4.79 Å². The number of Topliss-reactive ketones (excluding diaryl/α,β-unsaturated/α-hetero) is 1. The first-order valence-corrected chi connectivity index (χ1v) is 7.31. The third-order valence-electron chi connectivity index (χ3n) is 3.63. The predicted molar refractivity (Wildman–Crippen MR) is 85.9 cm³/mol. The Morgan fingerprint density at radius 3 is 1.67 bits per heavy atom. The van der Waals surface area contributed by atoms with Gasteiger partial charge >= 0.3 is 0 Å². The fourth-order valence-corrected chi connectivity index (χ4v) is 2.46. The maximum absolute atomic E-state index is 11.4. The molecule has 3 nitrogen and oxygen atoms in total. The van der Waals surface area contributed by atoms with Crippen molar-refractivity contribution >= 4 is 22.9 Å². The Kier molecular flexibility index (Phi) is 4.10. The van der Waals surface area contributed by atoms with E-state index in [-0.39, 0.29) is 0 Å². The van der Waals surface area contributed by atoms with Crippen LogP contribution in [0.25, 0.3) is 0 Å². The monoisotopic (exact) mass is 278 g/mol. The molecule has 0 unspecified atom stereocenters. The van der Waals surface area contributed by atoms with Crippen LogP contribution in [0, 0.1) is 0 Å². The Labute approximate surface area is 124 Å². The van der Waals surface area contributed by atoms with E-state index in [0.717, 1.165) is 29.9 Å². The lowest BCUT2D eigenvalue weighted by molar-refractivity contribution is -0.119. The molecule has 0 bridgehead atoms. The number of ketones is 1. The second-order valence-electron chi connectivity index (χ2n) is 5.19. The summed E-state index contributed by atoms with van der Waals surface area (Å²) in [5, 5.41) is 6.77. The third kappa shape index (κ3) is 3.37. The molecule has 0 N–H and O–H groups in total. The van der Waals surface area contributed by atoms with Crippen LogP contribution in [0.4, 0.5) is 11.4 Å². The van der Waals surface area contributed by atoms with Crippen molar-refractivity contribution in [1.29, 1.82) is 0 Å². The topological polar surface area (TPSA) is 32.7 Å². The van der Waals surface area contributed by atoms with E-state index in [2.05, 4.69) is 0 Å². The fourth-order valence-electron chi connectivity index (χ4n) is 2.46. The summed E-state index contributed by atoms with van der Waals surface area (Å²) in [6.07, 6.45) is 2.79. The Balaban J connectivity index is 1.93. The van der Waals surface area contributed by atoms with Crippen molar-refractivity contribution in [2.45, 2.75) is 25.7 Å². The van der Waals surface area contributed by atoms with E-state index in [1.54, 1.807) is 0 Å². The number of carbonyl (C=O) groups is 1. The molecule has 0 radical (unpaired) electrons. The Morgan fingerprint density at radius 2 is 1.19 bits per heavy atom. The van der Waals surface area contributed by atoms with Gasteiger partial charge in [0.15, 0.2) is 0 Å². The number of carbonyl (C=O) groups excluding carboxylic acids is 1. The fraction of sp³-hybridized carbons (Fsp3) is 0.222. The van der Waals surface area contributed by atoms with Gasteiger partial charge in [-0.15, -0.1) is 0 Å². The minimum Gasteiger partial charge on any atom is -0.300 e. The summed E-state index contributed by atoms with van der Waals surface area (Å²) in [4.78, 5) is 11.4. The van der Waals surface area contributed by atoms with Gasteiger partial charge in [0.25, 0.3) is 0 Å². The molecule has 0 aromatic heterocycles. The average Bonchev–Trinajstić information content (AvgIpc) is 2.56. The summed E-state index contributed by atoms with van der Waals surface area (Å²) < 4.78 is 0. The van der Waals surface area contributed by atoms with Crippen molar-refractivity contribution in [2.24, 2.45) is 5.10 Å². The number of para-hydroxylation sites is 2. The number of hydrogen-bond donors (Lipinski definition) is 0. The van der Waals surface area contributed by atoms with Gasteiger partial charge < -0.3 is 0 Å². The number of benzene rings is 2. The van der Waals surface area contributed by atoms with Gasteiger partial charge in [0.1, 0.15) is 5.78 Å². The molecule has 2 aromatic carbocycles. The first kappa shape index (κ1) is 13.6. The Hall–Kier alpha value is -2.42. The van der Waals surface area contributed by atoms with E-state index < -0.39 is 0 Å². The van der Waals surface area contributed by atoms with Crippen LogP contribution >= 0.6 is 0 Å². The summed E-state index contributed by atoms with van der Waals surface area (Å²) in [5.74, 6) is 0.347. The van der Waals surface area contributed by atoms with E-state index in [4.69, 9.17) is 5.10 Å². The lowest BCUT2D eigenvalue weighted by atomic mass is 9.97. The lowest BCUT2D eigenvalue weighted by Gasteiger charge is -2.22. The zero-order valence-corrected chi connectivity index (χ0v) is 11.9. The molecule has 0 aliphatic heterocycles. The highest BCUT2D eigenvalue weighted by atomic mass is 16.1. The largest absolute Gasteiger partial charge is 0.300 e. The molecule has 1 aliphatic rings. The lowest BCUT2D eigenvalue weighted by Crippen LogP contribution is -2.18. The molecule has 0 saturated heterocycles. The van der Waals surface area contributed by atoms with Crippen molar-refractivity contribution < 1.29 is 4.79 Å². The van der Waals surface area contributed by atoms with Crippen LogP contribution in [0.15, 0.2) is 65.8 Å². The molecule has 0 amide bonds. The smallest absolute Gasteiger partial charge is 0.133 e. The second kappa shape index (κ2) is 6.35. The van der Waals surface area contributed by atoms with E-state index in [1.807, 2.05) is 65.7 Å². The van der Waals surface area contributed by atoms with Crippen LogP contribution in [0.2, 0.25) is 0 Å². The van der Waals surface area contributed by atoms with Gasteiger partial charge in [0.2, 0.25) is 0 Å². The Morgan fingerprint density at radius 1 is 0.714 bits per heavy atom. The van der Waals surface area contributed by atoms with Crippen LogP contribution in [-0.2, 0) is 4.79 Å². The van der Waals surface area contributed by atoms with E-state index >= 15 is 0 Å². The molecule has 1 saturated carbocycles. The summed E-state index contributed by atoms with van der Waals surface area (Å²) in [7, 11) is 0. The van der Waals surface area contributed by atoms with Gasteiger partial charge in [-0.1, -0.05) is 36.4 Å². The molecule has 2 aromatic rings. The summed E-state index contributed by atoms with van der Waals surface area (Å²) in [6.45, 7) is 0. The normalized spacial score (nSPS) is 14.9. The van der Waals surface area contributed by atoms with Crippen molar-refractivity contribution in [3.63, 3.8) is 0 Å². The average molecular weight is 278 g/mol. The second-order valence-corrected chi connectivity index (χ2v) is 5.19. The van der Waals surface area contributed by atoms with E-state index in [1.165, 1.54) is 0 Å². The molecular formula is C18H18N2O. The van der Waals surface area contributed by atoms with Crippen molar-refractivity contribution in [2.75, 3.05) is 5.01 Å². The van der Waals surface area contributed by atoms with Crippen LogP contribution in [0.1, 0.15) is 25.7 Å². The molecule has 1 fully saturated rings. The van der Waals surface area contributed by atoms with Gasteiger partial charge in [-0.2, -0.15) is 5.10 Å². The Bertz CT molecular complexity index is 583. The van der Waals surface area contributed by atoms with Gasteiger partial charge in [0, 0.05) is 18.6 Å². The number of rotatable bonds is 3. The number of hydrazone groups is 1. The molecule has 106 valence electrons. The van der Waals surface area contributed by atoms with Gasteiger partial charge in [-0.3, -0.25) is 4.79 Å². The summed E-state index contributed by atoms with van der Waals surface area (Å²) in [6, 6.07) is 20.2. The molecule has 0 spiro atoms. The maximum atomic E-state index is 11.4. The summed E-state index contributed by atoms with van der Waals surface area (Å²) in [5.41, 5.74) is 3.17. The zero-order valence-electron chi connectivity index (χ0n) is 11.9. The number of nitrogens with zero attached hydrogens (tertiary/aromatic N) is 2. The van der Waals surface area contributed by atoms with Crippen molar-refractivity contribution in [3.8, 4) is 0 Å². The molecule has 0 atom stereocenters. The highest BCUT2D eigenvalue weighted by Gasteiger charge is 2.16. The standard InChI is InChI=1S/C18H18N2O/c21-18-13-11-15(12-14-18)19-20(16-7-3-1-4-8-16)17-9-5-2-6-10-17/h1-10H,11-14H2. The quantitative estimate of drug-likeness (QED) is 0.783. The van der Waals surface area contributed by atoms with Gasteiger partial charge in [0.05, 0.1) is 11.4 Å². The van der Waals surface area contributed by atoms with Gasteiger partial charge in [-0.25, -0.2) is 5.01 Å². The molecule has 3 heteroatoms. The highest BCUT2D eigenvalue weighted by molar-refractivity contribution is 5.96. The van der Waals surface area contributed by atoms with Crippen LogP contribution in [-0.4, -0.2) is 11.5 Å². The van der Waals surface area contributed by atoms with E-state index in [0.29, 0.717) is 18.6 Å². The first-order valence-electron chi connectivity index (χ1n) is 7.31.